The molecule has 0 radical (unpaired) electrons. The number of rotatable bonds is 5. The molecule has 2 N–H and O–H groups in total. The van der Waals surface area contributed by atoms with Gasteiger partial charge in [0.15, 0.2) is 5.69 Å². The summed E-state index contributed by atoms with van der Waals surface area (Å²) in [4.78, 5) is 16.4. The van der Waals surface area contributed by atoms with Crippen molar-refractivity contribution in [2.75, 3.05) is 12.3 Å². The summed E-state index contributed by atoms with van der Waals surface area (Å²) in [5, 5.41) is 6.95. The molecule has 2 aromatic heterocycles. The Balaban J connectivity index is 1.88. The molecular formula is C21H18N4O2S. The Morgan fingerprint density at radius 3 is 2.36 bits per heavy atom. The maximum atomic E-state index is 12.0. The van der Waals surface area contributed by atoms with E-state index < -0.39 is 5.97 Å². The molecule has 0 fully saturated rings. The van der Waals surface area contributed by atoms with Crippen LogP contribution in [0.15, 0.2) is 66.0 Å². The second kappa shape index (κ2) is 7.66. The monoisotopic (exact) mass is 390 g/mol. The highest BCUT2D eigenvalue weighted by Gasteiger charge is 2.22. The minimum absolute atomic E-state index is 0.260. The van der Waals surface area contributed by atoms with E-state index in [1.165, 1.54) is 11.3 Å². The summed E-state index contributed by atoms with van der Waals surface area (Å²) in [6.45, 7) is 2.06. The molecule has 0 amide bonds. The Labute approximate surface area is 166 Å². The van der Waals surface area contributed by atoms with Crippen LogP contribution in [0.1, 0.15) is 17.4 Å². The zero-order chi connectivity index (χ0) is 19.5. The van der Waals surface area contributed by atoms with Crippen molar-refractivity contribution in [1.82, 2.24) is 14.8 Å². The third-order valence-electron chi connectivity index (χ3n) is 4.17. The molecule has 4 aromatic rings. The number of hydrogen-bond donors (Lipinski definition) is 1. The van der Waals surface area contributed by atoms with E-state index >= 15 is 0 Å². The van der Waals surface area contributed by atoms with E-state index in [2.05, 4.69) is 4.98 Å². The topological polar surface area (TPSA) is 83.0 Å². The van der Waals surface area contributed by atoms with Crippen LogP contribution >= 0.6 is 11.3 Å². The largest absolute Gasteiger partial charge is 0.461 e. The van der Waals surface area contributed by atoms with E-state index in [0.717, 1.165) is 16.8 Å². The number of anilines is 1. The standard InChI is InChI=1S/C21H18N4O2S/c1-2-27-20(26)16-13-28-21(23-16)25-19(15-11-7-4-8-12-15)17(22)18(24-25)14-9-5-3-6-10-14/h3-13H,2,22H2,1H3. The maximum Gasteiger partial charge on any atom is 0.357 e. The van der Waals surface area contributed by atoms with Gasteiger partial charge in [0.2, 0.25) is 5.13 Å². The normalized spacial score (nSPS) is 10.8. The van der Waals surface area contributed by atoms with Crippen LogP contribution in [-0.4, -0.2) is 27.3 Å². The average Bonchev–Trinajstić information content (AvgIpc) is 3.34. The molecule has 140 valence electrons. The molecule has 2 aromatic carbocycles. The molecule has 0 spiro atoms. The lowest BCUT2D eigenvalue weighted by Crippen LogP contribution is -2.06. The van der Waals surface area contributed by atoms with E-state index in [4.69, 9.17) is 15.6 Å². The van der Waals surface area contributed by atoms with Gasteiger partial charge in [-0.1, -0.05) is 60.7 Å². The predicted octanol–water partition coefficient (Wildman–Crippen LogP) is 4.42. The summed E-state index contributed by atoms with van der Waals surface area (Å²) in [5.74, 6) is -0.449. The van der Waals surface area contributed by atoms with Gasteiger partial charge in [0, 0.05) is 16.5 Å². The van der Waals surface area contributed by atoms with Crippen LogP contribution in [0.3, 0.4) is 0 Å². The number of esters is 1. The molecule has 0 bridgehead atoms. The molecule has 0 aliphatic rings. The average molecular weight is 390 g/mol. The predicted molar refractivity (Wildman–Crippen MR) is 110 cm³/mol. The number of ether oxygens (including phenoxy) is 1. The van der Waals surface area contributed by atoms with Crippen LogP contribution in [0.5, 0.6) is 0 Å². The summed E-state index contributed by atoms with van der Waals surface area (Å²) >= 11 is 1.32. The Hall–Kier alpha value is -3.45. The number of thiazole rings is 1. The summed E-state index contributed by atoms with van der Waals surface area (Å²) in [7, 11) is 0. The molecule has 0 saturated carbocycles. The van der Waals surface area contributed by atoms with Crippen molar-refractivity contribution in [3.05, 3.63) is 71.7 Å². The first-order valence-electron chi connectivity index (χ1n) is 8.81. The summed E-state index contributed by atoms with van der Waals surface area (Å²) in [6, 6.07) is 19.5. The minimum atomic E-state index is -0.449. The number of nitrogen functional groups attached to an aromatic ring is 1. The summed E-state index contributed by atoms with van der Waals surface area (Å²) in [5.41, 5.74) is 10.6. The molecule has 2 heterocycles. The van der Waals surface area contributed by atoms with Crippen LogP contribution in [0.4, 0.5) is 5.69 Å². The number of aromatic nitrogens is 3. The number of nitrogens with zero attached hydrogens (tertiary/aromatic N) is 3. The summed E-state index contributed by atoms with van der Waals surface area (Å²) < 4.78 is 6.74. The molecule has 7 heteroatoms. The van der Waals surface area contributed by atoms with E-state index in [9.17, 15) is 4.79 Å². The number of carbonyl (C=O) groups excluding carboxylic acids is 1. The third kappa shape index (κ3) is 3.27. The second-order valence-electron chi connectivity index (χ2n) is 5.99. The van der Waals surface area contributed by atoms with Crippen molar-refractivity contribution in [1.29, 1.82) is 0 Å². The van der Waals surface area contributed by atoms with Crippen LogP contribution in [0.2, 0.25) is 0 Å². The quantitative estimate of drug-likeness (QED) is 0.510. The van der Waals surface area contributed by atoms with E-state index in [0.29, 0.717) is 23.1 Å². The highest BCUT2D eigenvalue weighted by molar-refractivity contribution is 7.12. The van der Waals surface area contributed by atoms with Crippen LogP contribution in [0.25, 0.3) is 27.6 Å². The van der Waals surface area contributed by atoms with Crippen molar-refractivity contribution in [3.8, 4) is 27.6 Å². The molecule has 0 atom stereocenters. The Morgan fingerprint density at radius 2 is 1.71 bits per heavy atom. The highest BCUT2D eigenvalue weighted by atomic mass is 32.1. The fourth-order valence-electron chi connectivity index (χ4n) is 2.91. The lowest BCUT2D eigenvalue weighted by molar-refractivity contribution is 0.0520. The van der Waals surface area contributed by atoms with E-state index in [1.807, 2.05) is 60.7 Å². The number of benzene rings is 2. The van der Waals surface area contributed by atoms with Crippen molar-refractivity contribution in [3.63, 3.8) is 0 Å². The lowest BCUT2D eigenvalue weighted by Gasteiger charge is -2.05. The maximum absolute atomic E-state index is 12.0. The van der Waals surface area contributed by atoms with Crippen molar-refractivity contribution < 1.29 is 9.53 Å². The Kier molecular flexibility index (Phi) is 4.90. The third-order valence-corrected chi connectivity index (χ3v) is 4.99. The van der Waals surface area contributed by atoms with Crippen molar-refractivity contribution >= 4 is 23.0 Å². The van der Waals surface area contributed by atoms with Gasteiger partial charge in [-0.05, 0) is 6.92 Å². The smallest absolute Gasteiger partial charge is 0.357 e. The van der Waals surface area contributed by atoms with Crippen LogP contribution in [0, 0.1) is 0 Å². The van der Waals surface area contributed by atoms with Gasteiger partial charge < -0.3 is 10.5 Å². The minimum Gasteiger partial charge on any atom is -0.461 e. The first-order valence-corrected chi connectivity index (χ1v) is 9.69. The Morgan fingerprint density at radius 1 is 1.07 bits per heavy atom. The number of hydrogen-bond acceptors (Lipinski definition) is 6. The molecule has 0 aliphatic carbocycles. The van der Waals surface area contributed by atoms with Crippen LogP contribution in [-0.2, 0) is 4.74 Å². The van der Waals surface area contributed by atoms with Crippen LogP contribution < -0.4 is 5.73 Å². The second-order valence-corrected chi connectivity index (χ2v) is 6.83. The van der Waals surface area contributed by atoms with E-state index in [-0.39, 0.29) is 5.69 Å². The zero-order valence-corrected chi connectivity index (χ0v) is 16.0. The molecule has 4 rings (SSSR count). The molecule has 6 nitrogen and oxygen atoms in total. The van der Waals surface area contributed by atoms with Gasteiger partial charge in [-0.2, -0.15) is 5.10 Å². The number of nitrogens with two attached hydrogens (primary N) is 1. The molecule has 0 saturated heterocycles. The van der Waals surface area contributed by atoms with Gasteiger partial charge >= 0.3 is 5.97 Å². The van der Waals surface area contributed by atoms with Gasteiger partial charge in [-0.15, -0.1) is 11.3 Å². The van der Waals surface area contributed by atoms with Crippen molar-refractivity contribution in [2.24, 2.45) is 0 Å². The van der Waals surface area contributed by atoms with Gasteiger partial charge in [0.05, 0.1) is 12.3 Å². The molecule has 28 heavy (non-hydrogen) atoms. The van der Waals surface area contributed by atoms with Gasteiger partial charge in [0.1, 0.15) is 11.4 Å². The molecular weight excluding hydrogens is 372 g/mol. The van der Waals surface area contributed by atoms with Gasteiger partial charge in [-0.25, -0.2) is 14.5 Å². The van der Waals surface area contributed by atoms with Gasteiger partial charge in [0.25, 0.3) is 0 Å². The lowest BCUT2D eigenvalue weighted by atomic mass is 10.1. The van der Waals surface area contributed by atoms with Crippen molar-refractivity contribution in [2.45, 2.75) is 6.92 Å². The number of carbonyl (C=O) groups is 1. The highest BCUT2D eigenvalue weighted by Crippen LogP contribution is 2.36. The fraction of sp³-hybridized carbons (Fsp3) is 0.0952. The Bertz CT molecular complexity index is 1100. The van der Waals surface area contributed by atoms with Gasteiger partial charge in [-0.3, -0.25) is 0 Å². The van der Waals surface area contributed by atoms with E-state index in [1.54, 1.807) is 17.0 Å². The molecule has 0 unspecified atom stereocenters. The fourth-order valence-corrected chi connectivity index (χ4v) is 3.66. The zero-order valence-electron chi connectivity index (χ0n) is 15.2. The summed E-state index contributed by atoms with van der Waals surface area (Å²) in [6.07, 6.45) is 0. The first-order chi connectivity index (χ1) is 13.7. The first kappa shape index (κ1) is 17.9. The molecule has 0 aliphatic heterocycles. The SMILES string of the molecule is CCOC(=O)c1csc(-n2nc(-c3ccccc3)c(N)c2-c2ccccc2)n1.